The smallest absolute Gasteiger partial charge is 0.253 e. The predicted molar refractivity (Wildman–Crippen MR) is 59.4 cm³/mol. The number of halogens is 1. The minimum atomic E-state index is -0.529. The summed E-state index contributed by atoms with van der Waals surface area (Å²) in [6.07, 6.45) is 4.11. The molecule has 2 rings (SSSR count). The Labute approximate surface area is 97.1 Å². The van der Waals surface area contributed by atoms with Crippen LogP contribution in [-0.2, 0) is 5.41 Å². The topological polar surface area (TPSA) is 82.0 Å². The van der Waals surface area contributed by atoms with Crippen LogP contribution in [-0.4, -0.2) is 9.91 Å². The van der Waals surface area contributed by atoms with Crippen LogP contribution in [0.4, 0.5) is 0 Å². The molecule has 6 heteroatoms. The van der Waals surface area contributed by atoms with Gasteiger partial charge in [-0.3, -0.25) is 10.1 Å². The summed E-state index contributed by atoms with van der Waals surface area (Å²) in [7, 11) is 0. The molecule has 0 saturated heterocycles. The largest absolute Gasteiger partial charge is 0.396 e. The number of nitrogens with zero attached hydrogens (tertiary/aromatic N) is 2. The SMILES string of the molecule is N/C(=C\[N+](=O)[O-])C1(c2ccc(Cl)nc2)CC1. The minimum Gasteiger partial charge on any atom is -0.396 e. The Balaban J connectivity index is 2.33. The van der Waals surface area contributed by atoms with Crippen molar-refractivity contribution in [2.45, 2.75) is 18.3 Å². The van der Waals surface area contributed by atoms with Crippen LogP contribution in [0, 0.1) is 10.1 Å². The summed E-state index contributed by atoms with van der Waals surface area (Å²) in [5.74, 6) is 0. The van der Waals surface area contributed by atoms with Gasteiger partial charge in [0.1, 0.15) is 5.15 Å². The van der Waals surface area contributed by atoms with Crippen LogP contribution in [0.2, 0.25) is 5.15 Å². The lowest BCUT2D eigenvalue weighted by molar-refractivity contribution is -0.403. The molecule has 1 saturated carbocycles. The van der Waals surface area contributed by atoms with Crippen molar-refractivity contribution >= 4 is 11.6 Å². The maximum Gasteiger partial charge on any atom is 0.253 e. The van der Waals surface area contributed by atoms with Crippen LogP contribution in [0.25, 0.3) is 0 Å². The van der Waals surface area contributed by atoms with Crippen molar-refractivity contribution in [3.63, 3.8) is 0 Å². The lowest BCUT2D eigenvalue weighted by Crippen LogP contribution is -2.19. The van der Waals surface area contributed by atoms with Crippen LogP contribution >= 0.6 is 11.6 Å². The number of nitro groups is 1. The summed E-state index contributed by atoms with van der Waals surface area (Å²) >= 11 is 5.68. The molecule has 1 aromatic rings. The molecule has 5 nitrogen and oxygen atoms in total. The Bertz CT molecular complexity index is 452. The molecule has 0 radical (unpaired) electrons. The fourth-order valence-corrected chi connectivity index (χ4v) is 1.88. The molecule has 1 aliphatic carbocycles. The lowest BCUT2D eigenvalue weighted by Gasteiger charge is -2.13. The number of pyridine rings is 1. The summed E-state index contributed by atoms with van der Waals surface area (Å²) in [5, 5.41) is 10.8. The van der Waals surface area contributed by atoms with E-state index >= 15 is 0 Å². The molecule has 0 unspecified atom stereocenters. The maximum absolute atomic E-state index is 10.4. The summed E-state index contributed by atoms with van der Waals surface area (Å²) < 4.78 is 0. The van der Waals surface area contributed by atoms with Crippen molar-refractivity contribution in [1.29, 1.82) is 0 Å². The van der Waals surface area contributed by atoms with Crippen LogP contribution < -0.4 is 5.73 Å². The van der Waals surface area contributed by atoms with Gasteiger partial charge in [0.15, 0.2) is 0 Å². The highest BCUT2D eigenvalue weighted by Crippen LogP contribution is 2.51. The highest BCUT2D eigenvalue weighted by molar-refractivity contribution is 6.29. The standard InChI is InChI=1S/C10H10ClN3O2/c11-9-2-1-7(5-13-9)10(3-4-10)8(12)6-14(15)16/h1-2,5-6H,3-4,12H2/b8-6-. The molecule has 0 atom stereocenters. The molecule has 0 aromatic carbocycles. The average molecular weight is 240 g/mol. The van der Waals surface area contributed by atoms with Crippen LogP contribution in [0.3, 0.4) is 0 Å². The van der Waals surface area contributed by atoms with E-state index in [0.717, 1.165) is 24.6 Å². The molecule has 1 aromatic heterocycles. The van der Waals surface area contributed by atoms with E-state index in [1.54, 1.807) is 12.3 Å². The molecule has 1 heterocycles. The van der Waals surface area contributed by atoms with Crippen LogP contribution in [0.15, 0.2) is 30.2 Å². The van der Waals surface area contributed by atoms with Crippen molar-refractivity contribution in [2.75, 3.05) is 0 Å². The van der Waals surface area contributed by atoms with Gasteiger partial charge in [0, 0.05) is 11.6 Å². The lowest BCUT2D eigenvalue weighted by atomic mass is 9.94. The molecule has 0 spiro atoms. The Hall–Kier alpha value is -1.62. The first-order valence-corrected chi connectivity index (χ1v) is 5.16. The Morgan fingerprint density at radius 1 is 1.62 bits per heavy atom. The monoisotopic (exact) mass is 239 g/mol. The molecule has 16 heavy (non-hydrogen) atoms. The second kappa shape index (κ2) is 3.75. The molecule has 0 aliphatic heterocycles. The Morgan fingerprint density at radius 2 is 2.31 bits per heavy atom. The van der Waals surface area contributed by atoms with Crippen molar-refractivity contribution in [3.05, 3.63) is 51.1 Å². The number of rotatable bonds is 3. The average Bonchev–Trinajstić information content (AvgIpc) is 2.98. The van der Waals surface area contributed by atoms with Gasteiger partial charge in [-0.2, -0.15) is 0 Å². The Morgan fingerprint density at radius 3 is 2.75 bits per heavy atom. The number of allylic oxidation sites excluding steroid dienone is 1. The fraction of sp³-hybridized carbons (Fsp3) is 0.300. The molecular formula is C10H10ClN3O2. The third-order valence-corrected chi connectivity index (χ3v) is 3.05. The van der Waals surface area contributed by atoms with Gasteiger partial charge in [0.25, 0.3) is 6.20 Å². The van der Waals surface area contributed by atoms with Gasteiger partial charge in [0.2, 0.25) is 0 Å². The van der Waals surface area contributed by atoms with E-state index in [1.807, 2.05) is 6.07 Å². The minimum absolute atomic E-state index is 0.279. The molecule has 1 aliphatic rings. The molecule has 0 bridgehead atoms. The van der Waals surface area contributed by atoms with E-state index in [1.165, 1.54) is 0 Å². The van der Waals surface area contributed by atoms with E-state index in [-0.39, 0.29) is 5.70 Å². The van der Waals surface area contributed by atoms with Gasteiger partial charge in [-0.15, -0.1) is 0 Å². The van der Waals surface area contributed by atoms with Crippen molar-refractivity contribution in [1.82, 2.24) is 4.98 Å². The summed E-state index contributed by atoms with van der Waals surface area (Å²) in [6.45, 7) is 0. The summed E-state index contributed by atoms with van der Waals surface area (Å²) in [5.41, 5.74) is 6.51. The second-order valence-corrected chi connectivity index (χ2v) is 4.21. The van der Waals surface area contributed by atoms with Gasteiger partial charge < -0.3 is 5.73 Å². The molecular weight excluding hydrogens is 230 g/mol. The quantitative estimate of drug-likeness (QED) is 0.496. The number of hydrogen-bond acceptors (Lipinski definition) is 4. The first-order valence-electron chi connectivity index (χ1n) is 4.78. The normalized spacial score (nSPS) is 18.2. The molecule has 2 N–H and O–H groups in total. The van der Waals surface area contributed by atoms with E-state index in [2.05, 4.69) is 4.98 Å². The Kier molecular flexibility index (Phi) is 2.55. The van der Waals surface area contributed by atoms with Gasteiger partial charge in [0.05, 0.1) is 10.6 Å². The number of hydrogen-bond donors (Lipinski definition) is 1. The third-order valence-electron chi connectivity index (χ3n) is 2.83. The fourth-order valence-electron chi connectivity index (χ4n) is 1.77. The summed E-state index contributed by atoms with van der Waals surface area (Å²) in [6, 6.07) is 3.47. The van der Waals surface area contributed by atoms with E-state index < -0.39 is 10.3 Å². The van der Waals surface area contributed by atoms with Crippen LogP contribution in [0.5, 0.6) is 0 Å². The molecule has 1 fully saturated rings. The van der Waals surface area contributed by atoms with Crippen LogP contribution in [0.1, 0.15) is 18.4 Å². The highest BCUT2D eigenvalue weighted by atomic mass is 35.5. The predicted octanol–water partition coefficient (Wildman–Crippen LogP) is 1.84. The maximum atomic E-state index is 10.4. The number of aromatic nitrogens is 1. The molecule has 0 amide bonds. The first-order chi connectivity index (χ1) is 7.54. The second-order valence-electron chi connectivity index (χ2n) is 3.82. The van der Waals surface area contributed by atoms with E-state index in [4.69, 9.17) is 17.3 Å². The third kappa shape index (κ3) is 1.86. The van der Waals surface area contributed by atoms with Gasteiger partial charge in [-0.1, -0.05) is 17.7 Å². The zero-order chi connectivity index (χ0) is 11.8. The number of nitrogens with two attached hydrogens (primary N) is 1. The van der Waals surface area contributed by atoms with Crippen molar-refractivity contribution < 1.29 is 4.92 Å². The van der Waals surface area contributed by atoms with Crippen molar-refractivity contribution in [2.24, 2.45) is 5.73 Å². The summed E-state index contributed by atoms with van der Waals surface area (Å²) in [4.78, 5) is 13.8. The van der Waals surface area contributed by atoms with E-state index in [0.29, 0.717) is 5.15 Å². The zero-order valence-electron chi connectivity index (χ0n) is 8.39. The zero-order valence-corrected chi connectivity index (χ0v) is 9.15. The van der Waals surface area contributed by atoms with Crippen molar-refractivity contribution in [3.8, 4) is 0 Å². The highest BCUT2D eigenvalue weighted by Gasteiger charge is 2.48. The van der Waals surface area contributed by atoms with Gasteiger partial charge in [-0.05, 0) is 24.5 Å². The first kappa shape index (κ1) is 10.9. The van der Waals surface area contributed by atoms with E-state index in [9.17, 15) is 10.1 Å². The van der Waals surface area contributed by atoms with Gasteiger partial charge >= 0.3 is 0 Å². The van der Waals surface area contributed by atoms with Gasteiger partial charge in [-0.25, -0.2) is 4.98 Å². The molecule has 84 valence electrons.